The smallest absolute Gasteiger partial charge is 0.275 e. The SMILES string of the molecule is COCCNC(=O)c1nn(C)c2ccc(F)cc2c1=O. The molecule has 0 saturated heterocycles. The third kappa shape index (κ3) is 2.67. The molecule has 0 aliphatic rings. The van der Waals surface area contributed by atoms with E-state index in [1.807, 2.05) is 0 Å². The summed E-state index contributed by atoms with van der Waals surface area (Å²) in [5.41, 5.74) is -0.390. The molecular formula is C13H14FN3O3. The van der Waals surface area contributed by atoms with Gasteiger partial charge in [0.25, 0.3) is 5.91 Å². The minimum absolute atomic E-state index is 0.124. The molecule has 1 heterocycles. The zero-order chi connectivity index (χ0) is 14.7. The molecule has 1 N–H and O–H groups in total. The second kappa shape index (κ2) is 5.79. The lowest BCUT2D eigenvalue weighted by Gasteiger charge is -2.08. The number of fused-ring (bicyclic) bond motifs is 1. The van der Waals surface area contributed by atoms with Gasteiger partial charge < -0.3 is 10.1 Å². The van der Waals surface area contributed by atoms with Crippen molar-refractivity contribution in [3.63, 3.8) is 0 Å². The van der Waals surface area contributed by atoms with Crippen LogP contribution in [-0.2, 0) is 11.8 Å². The van der Waals surface area contributed by atoms with Gasteiger partial charge in [0.1, 0.15) is 5.82 Å². The van der Waals surface area contributed by atoms with E-state index in [9.17, 15) is 14.0 Å². The van der Waals surface area contributed by atoms with Gasteiger partial charge in [0.15, 0.2) is 5.69 Å². The van der Waals surface area contributed by atoms with E-state index in [1.54, 1.807) is 7.05 Å². The zero-order valence-electron chi connectivity index (χ0n) is 11.1. The number of aromatic nitrogens is 2. The average molecular weight is 279 g/mol. The molecule has 106 valence electrons. The largest absolute Gasteiger partial charge is 0.383 e. The summed E-state index contributed by atoms with van der Waals surface area (Å²) >= 11 is 0. The molecule has 20 heavy (non-hydrogen) atoms. The Labute approximate surface area is 114 Å². The minimum atomic E-state index is -0.603. The summed E-state index contributed by atoms with van der Waals surface area (Å²) in [5.74, 6) is -1.14. The van der Waals surface area contributed by atoms with Gasteiger partial charge in [0.2, 0.25) is 5.43 Å². The van der Waals surface area contributed by atoms with Gasteiger partial charge in [-0.2, -0.15) is 5.10 Å². The van der Waals surface area contributed by atoms with Crippen LogP contribution in [0.2, 0.25) is 0 Å². The molecule has 0 unspecified atom stereocenters. The van der Waals surface area contributed by atoms with E-state index in [2.05, 4.69) is 10.4 Å². The standard InChI is InChI=1S/C13H14FN3O3/c1-17-10-4-3-8(14)7-9(10)12(18)11(16-17)13(19)15-5-6-20-2/h3-4,7H,5-6H2,1-2H3,(H,15,19). The second-order valence-corrected chi connectivity index (χ2v) is 4.21. The van der Waals surface area contributed by atoms with Gasteiger partial charge >= 0.3 is 0 Å². The van der Waals surface area contributed by atoms with Gasteiger partial charge in [-0.05, 0) is 18.2 Å². The fraction of sp³-hybridized carbons (Fsp3) is 0.308. The van der Waals surface area contributed by atoms with Crippen molar-refractivity contribution >= 4 is 16.8 Å². The normalized spacial score (nSPS) is 10.8. The highest BCUT2D eigenvalue weighted by atomic mass is 19.1. The molecule has 1 aromatic carbocycles. The van der Waals surface area contributed by atoms with Crippen LogP contribution in [0.15, 0.2) is 23.0 Å². The summed E-state index contributed by atoms with van der Waals surface area (Å²) < 4.78 is 19.4. The number of benzene rings is 1. The van der Waals surface area contributed by atoms with Crippen LogP contribution in [-0.4, -0.2) is 35.9 Å². The molecule has 7 heteroatoms. The van der Waals surface area contributed by atoms with E-state index in [1.165, 1.54) is 23.9 Å². The number of nitrogens with zero attached hydrogens (tertiary/aromatic N) is 2. The van der Waals surface area contributed by atoms with Crippen LogP contribution < -0.4 is 10.7 Å². The van der Waals surface area contributed by atoms with E-state index < -0.39 is 17.2 Å². The van der Waals surface area contributed by atoms with Crippen LogP contribution in [0.4, 0.5) is 4.39 Å². The van der Waals surface area contributed by atoms with Crippen molar-refractivity contribution < 1.29 is 13.9 Å². The Morgan fingerprint density at radius 3 is 2.95 bits per heavy atom. The molecule has 6 nitrogen and oxygen atoms in total. The Hall–Kier alpha value is -2.28. The number of ether oxygens (including phenoxy) is 1. The van der Waals surface area contributed by atoms with Crippen molar-refractivity contribution in [2.45, 2.75) is 0 Å². The predicted molar refractivity (Wildman–Crippen MR) is 71.2 cm³/mol. The summed E-state index contributed by atoms with van der Waals surface area (Å²) in [4.78, 5) is 24.1. The zero-order valence-corrected chi connectivity index (χ0v) is 11.1. The fourth-order valence-electron chi connectivity index (χ4n) is 1.85. The number of hydrogen-bond donors (Lipinski definition) is 1. The Balaban J connectivity index is 2.47. The maximum atomic E-state index is 13.2. The number of hydrogen-bond acceptors (Lipinski definition) is 4. The number of halogens is 1. The van der Waals surface area contributed by atoms with Crippen molar-refractivity contribution in [1.82, 2.24) is 15.1 Å². The van der Waals surface area contributed by atoms with Crippen LogP contribution in [0.1, 0.15) is 10.5 Å². The lowest BCUT2D eigenvalue weighted by molar-refractivity contribution is 0.0929. The maximum Gasteiger partial charge on any atom is 0.275 e. The summed E-state index contributed by atoms with van der Waals surface area (Å²) in [5, 5.41) is 6.58. The van der Waals surface area contributed by atoms with Gasteiger partial charge in [0.05, 0.1) is 17.5 Å². The molecule has 0 atom stereocenters. The van der Waals surface area contributed by atoms with Crippen LogP contribution in [0.3, 0.4) is 0 Å². The number of carbonyl (C=O) groups is 1. The lowest BCUT2D eigenvalue weighted by atomic mass is 10.2. The minimum Gasteiger partial charge on any atom is -0.383 e. The Morgan fingerprint density at radius 2 is 2.25 bits per heavy atom. The third-order valence-corrected chi connectivity index (χ3v) is 2.82. The van der Waals surface area contributed by atoms with E-state index in [0.717, 1.165) is 6.07 Å². The quantitative estimate of drug-likeness (QED) is 0.825. The molecule has 1 aromatic heterocycles. The highest BCUT2D eigenvalue weighted by Crippen LogP contribution is 2.10. The molecule has 0 saturated carbocycles. The first-order valence-electron chi connectivity index (χ1n) is 5.98. The molecule has 0 bridgehead atoms. The van der Waals surface area contributed by atoms with Gasteiger partial charge in [-0.3, -0.25) is 14.3 Å². The first kappa shape index (κ1) is 14.1. The maximum absolute atomic E-state index is 13.2. The van der Waals surface area contributed by atoms with E-state index in [0.29, 0.717) is 12.1 Å². The number of amides is 1. The van der Waals surface area contributed by atoms with Crippen molar-refractivity contribution in [2.24, 2.45) is 7.05 Å². The highest BCUT2D eigenvalue weighted by Gasteiger charge is 2.16. The monoisotopic (exact) mass is 279 g/mol. The van der Waals surface area contributed by atoms with Crippen LogP contribution in [0.25, 0.3) is 10.9 Å². The third-order valence-electron chi connectivity index (χ3n) is 2.82. The first-order chi connectivity index (χ1) is 9.54. The molecule has 2 aromatic rings. The summed E-state index contributed by atoms with van der Waals surface area (Å²) in [7, 11) is 3.09. The van der Waals surface area contributed by atoms with Crippen molar-refractivity contribution in [1.29, 1.82) is 0 Å². The summed E-state index contributed by atoms with van der Waals surface area (Å²) in [6.45, 7) is 0.593. The Morgan fingerprint density at radius 1 is 1.50 bits per heavy atom. The molecule has 1 amide bonds. The van der Waals surface area contributed by atoms with E-state index in [-0.39, 0.29) is 17.6 Å². The number of carbonyl (C=O) groups excluding carboxylic acids is 1. The van der Waals surface area contributed by atoms with Crippen molar-refractivity contribution in [3.8, 4) is 0 Å². The molecule has 0 aliphatic heterocycles. The van der Waals surface area contributed by atoms with Crippen LogP contribution >= 0.6 is 0 Å². The van der Waals surface area contributed by atoms with Crippen molar-refractivity contribution in [2.75, 3.05) is 20.3 Å². The van der Waals surface area contributed by atoms with Crippen LogP contribution in [0, 0.1) is 5.82 Å². The number of rotatable bonds is 4. The molecule has 2 rings (SSSR count). The van der Waals surface area contributed by atoms with Gasteiger partial charge in [0, 0.05) is 20.7 Å². The van der Waals surface area contributed by atoms with Crippen LogP contribution in [0.5, 0.6) is 0 Å². The van der Waals surface area contributed by atoms with E-state index >= 15 is 0 Å². The highest BCUT2D eigenvalue weighted by molar-refractivity contribution is 5.95. The van der Waals surface area contributed by atoms with Crippen molar-refractivity contribution in [3.05, 3.63) is 39.9 Å². The lowest BCUT2D eigenvalue weighted by Crippen LogP contribution is -2.33. The predicted octanol–water partition coefficient (Wildman–Crippen LogP) is 0.449. The Kier molecular flexibility index (Phi) is 4.09. The van der Waals surface area contributed by atoms with Gasteiger partial charge in [-0.25, -0.2) is 4.39 Å². The van der Waals surface area contributed by atoms with Gasteiger partial charge in [-0.1, -0.05) is 0 Å². The number of aryl methyl sites for hydroxylation is 1. The molecule has 0 radical (unpaired) electrons. The first-order valence-corrected chi connectivity index (χ1v) is 5.98. The average Bonchev–Trinajstić information content (AvgIpc) is 2.42. The Bertz CT molecular complexity index is 712. The number of methoxy groups -OCH3 is 1. The molecule has 0 spiro atoms. The van der Waals surface area contributed by atoms with E-state index in [4.69, 9.17) is 4.74 Å². The molecule has 0 fully saturated rings. The molecule has 0 aliphatic carbocycles. The summed E-state index contributed by atoms with van der Waals surface area (Å²) in [6, 6.07) is 3.79. The fourth-order valence-corrected chi connectivity index (χ4v) is 1.85. The molecular weight excluding hydrogens is 265 g/mol. The van der Waals surface area contributed by atoms with Gasteiger partial charge in [-0.15, -0.1) is 0 Å². The summed E-state index contributed by atoms with van der Waals surface area (Å²) in [6.07, 6.45) is 0. The number of nitrogens with one attached hydrogen (secondary N) is 1. The second-order valence-electron chi connectivity index (χ2n) is 4.21. The topological polar surface area (TPSA) is 73.2 Å².